The predicted molar refractivity (Wildman–Crippen MR) is 76.7 cm³/mol. The molecule has 0 bridgehead atoms. The molecule has 0 spiro atoms. The first-order chi connectivity index (χ1) is 8.83. The Hall–Kier alpha value is -1.02. The highest BCUT2D eigenvalue weighted by molar-refractivity contribution is 5.40. The fraction of sp³-hybridized carbons (Fsp3) is 0.625. The first-order valence-electron chi connectivity index (χ1n) is 7.42. The number of hydrogen-bond donors (Lipinski definition) is 1. The van der Waals surface area contributed by atoms with Crippen LogP contribution in [-0.2, 0) is 0 Å². The summed E-state index contributed by atoms with van der Waals surface area (Å²) in [7, 11) is 0. The van der Waals surface area contributed by atoms with E-state index in [9.17, 15) is 0 Å². The Morgan fingerprint density at radius 1 is 0.889 bits per heavy atom. The Morgan fingerprint density at radius 3 is 2.11 bits per heavy atom. The summed E-state index contributed by atoms with van der Waals surface area (Å²) in [6, 6.07) is 9.40. The van der Waals surface area contributed by atoms with E-state index in [1.165, 1.54) is 57.2 Å². The van der Waals surface area contributed by atoms with Gasteiger partial charge in [-0.1, -0.05) is 12.1 Å². The highest BCUT2D eigenvalue weighted by Crippen LogP contribution is 2.35. The van der Waals surface area contributed by atoms with Crippen molar-refractivity contribution in [3.63, 3.8) is 0 Å². The Morgan fingerprint density at radius 2 is 1.50 bits per heavy atom. The zero-order chi connectivity index (χ0) is 12.4. The maximum Gasteiger partial charge on any atom is 0.0314 e. The van der Waals surface area contributed by atoms with Crippen LogP contribution in [0.1, 0.15) is 50.0 Å². The van der Waals surface area contributed by atoms with Crippen LogP contribution in [0.4, 0.5) is 5.69 Å². The zero-order valence-corrected chi connectivity index (χ0v) is 11.1. The quantitative estimate of drug-likeness (QED) is 0.808. The largest absolute Gasteiger partial charge is 0.399 e. The topological polar surface area (TPSA) is 29.3 Å². The lowest BCUT2D eigenvalue weighted by atomic mass is 9.81. The fourth-order valence-electron chi connectivity index (χ4n) is 3.65. The van der Waals surface area contributed by atoms with Crippen molar-refractivity contribution in [3.05, 3.63) is 29.8 Å². The molecule has 1 aliphatic heterocycles. The minimum atomic E-state index is 0.768. The van der Waals surface area contributed by atoms with Crippen molar-refractivity contribution in [2.45, 2.75) is 50.5 Å². The van der Waals surface area contributed by atoms with Crippen LogP contribution in [0.5, 0.6) is 0 Å². The molecule has 1 saturated heterocycles. The number of hydrogen-bond acceptors (Lipinski definition) is 2. The molecule has 1 saturated carbocycles. The molecular formula is C16H24N2. The number of anilines is 1. The fourth-order valence-corrected chi connectivity index (χ4v) is 3.65. The lowest BCUT2D eigenvalue weighted by Gasteiger charge is -2.34. The minimum Gasteiger partial charge on any atom is -0.399 e. The van der Waals surface area contributed by atoms with Crippen LogP contribution in [0.2, 0.25) is 0 Å². The molecule has 0 atom stereocenters. The monoisotopic (exact) mass is 244 g/mol. The van der Waals surface area contributed by atoms with Gasteiger partial charge in [0.15, 0.2) is 0 Å². The Balaban J connectivity index is 1.57. The van der Waals surface area contributed by atoms with Crippen molar-refractivity contribution >= 4 is 5.69 Å². The molecule has 2 heteroatoms. The van der Waals surface area contributed by atoms with Gasteiger partial charge in [0.2, 0.25) is 0 Å². The highest BCUT2D eigenvalue weighted by Gasteiger charge is 2.27. The third-order valence-corrected chi connectivity index (χ3v) is 4.76. The van der Waals surface area contributed by atoms with E-state index < -0.39 is 0 Å². The average molecular weight is 244 g/mol. The average Bonchev–Trinajstić information content (AvgIpc) is 2.94. The van der Waals surface area contributed by atoms with Gasteiger partial charge in [0.1, 0.15) is 0 Å². The van der Waals surface area contributed by atoms with Crippen LogP contribution in [0.25, 0.3) is 0 Å². The third-order valence-electron chi connectivity index (χ3n) is 4.76. The smallest absolute Gasteiger partial charge is 0.0314 e. The van der Waals surface area contributed by atoms with Gasteiger partial charge in [-0.3, -0.25) is 0 Å². The molecule has 0 unspecified atom stereocenters. The van der Waals surface area contributed by atoms with E-state index in [4.69, 9.17) is 5.73 Å². The molecule has 0 amide bonds. The van der Waals surface area contributed by atoms with Crippen molar-refractivity contribution in [1.29, 1.82) is 0 Å². The van der Waals surface area contributed by atoms with Crippen molar-refractivity contribution in [3.8, 4) is 0 Å². The van der Waals surface area contributed by atoms with Crippen molar-refractivity contribution in [2.24, 2.45) is 0 Å². The van der Waals surface area contributed by atoms with E-state index in [2.05, 4.69) is 17.0 Å². The Bertz CT molecular complexity index is 371. The number of benzene rings is 1. The van der Waals surface area contributed by atoms with Crippen LogP contribution in [0.3, 0.4) is 0 Å². The van der Waals surface area contributed by atoms with Gasteiger partial charge in [-0.15, -0.1) is 0 Å². The molecule has 0 aromatic heterocycles. The second-order valence-electron chi connectivity index (χ2n) is 5.92. The van der Waals surface area contributed by atoms with Crippen LogP contribution in [0, 0.1) is 0 Å². The van der Waals surface area contributed by atoms with Gasteiger partial charge in [0.05, 0.1) is 0 Å². The van der Waals surface area contributed by atoms with E-state index in [1.54, 1.807) is 0 Å². The summed E-state index contributed by atoms with van der Waals surface area (Å²) in [5.74, 6) is 0.768. The molecule has 0 radical (unpaired) electrons. The summed E-state index contributed by atoms with van der Waals surface area (Å²) < 4.78 is 0. The van der Waals surface area contributed by atoms with Crippen LogP contribution in [-0.4, -0.2) is 24.0 Å². The molecule has 2 N–H and O–H groups in total. The third kappa shape index (κ3) is 2.54. The van der Waals surface area contributed by atoms with Gasteiger partial charge in [-0.2, -0.15) is 0 Å². The van der Waals surface area contributed by atoms with Gasteiger partial charge in [-0.25, -0.2) is 0 Å². The number of likely N-dealkylation sites (tertiary alicyclic amines) is 1. The molecular weight excluding hydrogens is 220 g/mol. The number of nitrogen functional groups attached to an aromatic ring is 1. The summed E-state index contributed by atoms with van der Waals surface area (Å²) in [5.41, 5.74) is 8.12. The minimum absolute atomic E-state index is 0.768. The van der Waals surface area contributed by atoms with Gasteiger partial charge >= 0.3 is 0 Å². The first-order valence-corrected chi connectivity index (χ1v) is 7.42. The Kier molecular flexibility index (Phi) is 3.55. The van der Waals surface area contributed by atoms with Gasteiger partial charge in [-0.05, 0) is 75.2 Å². The van der Waals surface area contributed by atoms with Crippen molar-refractivity contribution < 1.29 is 0 Å². The second kappa shape index (κ2) is 5.31. The van der Waals surface area contributed by atoms with Gasteiger partial charge in [0.25, 0.3) is 0 Å². The van der Waals surface area contributed by atoms with Crippen molar-refractivity contribution in [1.82, 2.24) is 4.90 Å². The summed E-state index contributed by atoms with van der Waals surface area (Å²) in [5, 5.41) is 0. The summed E-state index contributed by atoms with van der Waals surface area (Å²) >= 11 is 0. The number of rotatable bonds is 2. The molecule has 18 heavy (non-hydrogen) atoms. The van der Waals surface area contributed by atoms with E-state index in [0.717, 1.165) is 17.6 Å². The highest BCUT2D eigenvalue weighted by atomic mass is 15.2. The summed E-state index contributed by atoms with van der Waals surface area (Å²) in [6.45, 7) is 2.69. The zero-order valence-electron chi connectivity index (χ0n) is 11.1. The molecule has 1 heterocycles. The molecule has 3 rings (SSSR count). The molecule has 1 aromatic rings. The standard InChI is InChI=1S/C16H24N2/c17-15-7-3-13(4-8-15)14-5-9-16(10-6-14)18-11-1-2-12-18/h3-4,7-8,14,16H,1-2,5-6,9-12,17H2. The lowest BCUT2D eigenvalue weighted by Crippen LogP contribution is -2.35. The lowest BCUT2D eigenvalue weighted by molar-refractivity contribution is 0.182. The number of nitrogens with two attached hydrogens (primary N) is 1. The summed E-state index contributed by atoms with van der Waals surface area (Å²) in [4.78, 5) is 2.72. The van der Waals surface area contributed by atoms with Crippen molar-refractivity contribution in [2.75, 3.05) is 18.8 Å². The van der Waals surface area contributed by atoms with E-state index >= 15 is 0 Å². The molecule has 2 nitrogen and oxygen atoms in total. The number of nitrogens with zero attached hydrogens (tertiary/aromatic N) is 1. The van der Waals surface area contributed by atoms with Crippen LogP contribution in [0.15, 0.2) is 24.3 Å². The van der Waals surface area contributed by atoms with Gasteiger partial charge in [0, 0.05) is 11.7 Å². The second-order valence-corrected chi connectivity index (χ2v) is 5.92. The van der Waals surface area contributed by atoms with Crippen LogP contribution >= 0.6 is 0 Å². The Labute approximate surface area is 110 Å². The molecule has 1 aliphatic carbocycles. The van der Waals surface area contributed by atoms with Gasteiger partial charge < -0.3 is 10.6 Å². The SMILES string of the molecule is Nc1ccc(C2CCC(N3CCCC3)CC2)cc1. The first kappa shape index (κ1) is 12.0. The normalized spacial score (nSPS) is 29.6. The summed E-state index contributed by atoms with van der Waals surface area (Å²) in [6.07, 6.45) is 8.30. The molecule has 2 fully saturated rings. The molecule has 2 aliphatic rings. The van der Waals surface area contributed by atoms with E-state index in [1.807, 2.05) is 12.1 Å². The predicted octanol–water partition coefficient (Wildman–Crippen LogP) is 3.39. The van der Waals surface area contributed by atoms with E-state index in [-0.39, 0.29) is 0 Å². The molecule has 98 valence electrons. The van der Waals surface area contributed by atoms with Crippen LogP contribution < -0.4 is 5.73 Å². The van der Waals surface area contributed by atoms with E-state index in [0.29, 0.717) is 0 Å². The molecule has 1 aromatic carbocycles. The maximum atomic E-state index is 5.75. The maximum absolute atomic E-state index is 5.75.